The van der Waals surface area contributed by atoms with E-state index >= 15 is 0 Å². The Kier molecular flexibility index (Phi) is 2.95. The molecule has 0 spiro atoms. The van der Waals surface area contributed by atoms with Crippen LogP contribution >= 0.6 is 0 Å². The quantitative estimate of drug-likeness (QED) is 0.812. The van der Waals surface area contributed by atoms with Gasteiger partial charge in [0.2, 0.25) is 0 Å². The molecule has 0 aliphatic carbocycles. The topological polar surface area (TPSA) is 74.0 Å². The summed E-state index contributed by atoms with van der Waals surface area (Å²) < 4.78 is 24.8. The van der Waals surface area contributed by atoms with Crippen molar-refractivity contribution in [3.63, 3.8) is 0 Å². The lowest BCUT2D eigenvalue weighted by Gasteiger charge is -2.06. The molecule has 0 aromatic carbocycles. The van der Waals surface area contributed by atoms with Gasteiger partial charge in [-0.3, -0.25) is 0 Å². The number of carboxylic acid groups (broad SMARTS) is 1. The minimum atomic E-state index is -2.97. The molecule has 0 bridgehead atoms. The van der Waals surface area contributed by atoms with Crippen LogP contribution in [0.5, 0.6) is 0 Å². The summed E-state index contributed by atoms with van der Waals surface area (Å²) in [6.45, 7) is 1.37. The molecule has 6 heteroatoms. The van der Waals surface area contributed by atoms with Gasteiger partial charge >= 0.3 is 5.97 Å². The van der Waals surface area contributed by atoms with Crippen LogP contribution in [0.2, 0.25) is 0 Å². The second-order valence-electron chi connectivity index (χ2n) is 2.77. The number of halogens is 2. The van der Waals surface area contributed by atoms with E-state index in [0.717, 1.165) is 6.07 Å². The second kappa shape index (κ2) is 4.00. The fourth-order valence-electron chi connectivity index (χ4n) is 1.07. The number of aromatic carboxylic acids is 1. The minimum absolute atomic E-state index is 0.0169. The van der Waals surface area contributed by atoms with Gasteiger partial charge in [-0.2, -0.15) is 5.26 Å². The van der Waals surface area contributed by atoms with Crippen LogP contribution in [0.1, 0.15) is 33.7 Å². The second-order valence-corrected chi connectivity index (χ2v) is 2.77. The summed E-state index contributed by atoms with van der Waals surface area (Å²) in [5.74, 6) is -1.52. The molecule has 1 rings (SSSR count). The van der Waals surface area contributed by atoms with Gasteiger partial charge in [0.15, 0.2) is 0 Å². The summed E-state index contributed by atoms with van der Waals surface area (Å²) in [5, 5.41) is 17.2. The van der Waals surface area contributed by atoms with Gasteiger partial charge in [-0.25, -0.2) is 18.6 Å². The summed E-state index contributed by atoms with van der Waals surface area (Å²) >= 11 is 0. The molecule has 0 amide bonds. The van der Waals surface area contributed by atoms with Crippen LogP contribution in [0.4, 0.5) is 8.78 Å². The van der Waals surface area contributed by atoms with Crippen molar-refractivity contribution in [3.05, 3.63) is 28.6 Å². The van der Waals surface area contributed by atoms with Gasteiger partial charge in [-0.05, 0) is 13.0 Å². The molecular formula is C9H6F2N2O2. The molecule has 1 N–H and O–H groups in total. The van der Waals surface area contributed by atoms with Gasteiger partial charge in [-0.1, -0.05) is 0 Å². The SMILES string of the molecule is Cc1nc(C(F)F)c(C(=O)O)cc1C#N. The third-order valence-corrected chi connectivity index (χ3v) is 1.80. The van der Waals surface area contributed by atoms with Crippen LogP contribution in [-0.2, 0) is 0 Å². The zero-order valence-corrected chi connectivity index (χ0v) is 7.66. The normalized spacial score (nSPS) is 10.1. The molecule has 0 aliphatic heterocycles. The zero-order valence-electron chi connectivity index (χ0n) is 7.66. The molecule has 0 unspecified atom stereocenters. The van der Waals surface area contributed by atoms with Crippen molar-refractivity contribution in [3.8, 4) is 6.07 Å². The third-order valence-electron chi connectivity index (χ3n) is 1.80. The molecule has 0 radical (unpaired) electrons. The summed E-state index contributed by atoms with van der Waals surface area (Å²) in [6, 6.07) is 2.59. The number of carboxylic acids is 1. The standard InChI is InChI=1S/C9H6F2N2O2/c1-4-5(3-12)2-6(9(14)15)7(13-4)8(10)11/h2,8H,1H3,(H,14,15). The van der Waals surface area contributed by atoms with Crippen LogP contribution < -0.4 is 0 Å². The van der Waals surface area contributed by atoms with Crippen LogP contribution in [0.3, 0.4) is 0 Å². The van der Waals surface area contributed by atoms with Gasteiger partial charge in [0.25, 0.3) is 6.43 Å². The van der Waals surface area contributed by atoms with E-state index in [1.54, 1.807) is 6.07 Å². The van der Waals surface area contributed by atoms with Crippen LogP contribution in [0.15, 0.2) is 6.07 Å². The molecule has 1 aromatic rings. The van der Waals surface area contributed by atoms with E-state index in [0.29, 0.717) is 0 Å². The van der Waals surface area contributed by atoms with E-state index in [9.17, 15) is 13.6 Å². The number of nitriles is 1. The lowest BCUT2D eigenvalue weighted by atomic mass is 10.1. The van der Waals surface area contributed by atoms with Crippen molar-refractivity contribution in [2.24, 2.45) is 0 Å². The Balaban J connectivity index is 3.47. The molecule has 4 nitrogen and oxygen atoms in total. The van der Waals surface area contributed by atoms with Gasteiger partial charge in [-0.15, -0.1) is 0 Å². The predicted octanol–water partition coefficient (Wildman–Crippen LogP) is 1.90. The maximum Gasteiger partial charge on any atom is 0.337 e. The average molecular weight is 212 g/mol. The zero-order chi connectivity index (χ0) is 11.6. The van der Waals surface area contributed by atoms with Gasteiger partial charge < -0.3 is 5.11 Å². The first-order chi connectivity index (χ1) is 6.97. The molecule has 0 saturated heterocycles. The first kappa shape index (κ1) is 11.0. The highest BCUT2D eigenvalue weighted by Crippen LogP contribution is 2.22. The Hall–Kier alpha value is -2.03. The third kappa shape index (κ3) is 2.07. The van der Waals surface area contributed by atoms with Crippen molar-refractivity contribution in [1.82, 2.24) is 4.98 Å². The van der Waals surface area contributed by atoms with Crippen LogP contribution in [0.25, 0.3) is 0 Å². The van der Waals surface area contributed by atoms with Crippen molar-refractivity contribution in [2.75, 3.05) is 0 Å². The predicted molar refractivity (Wildman–Crippen MR) is 45.6 cm³/mol. The number of nitrogens with zero attached hydrogens (tertiary/aromatic N) is 2. The van der Waals surface area contributed by atoms with E-state index in [1.807, 2.05) is 0 Å². The number of aryl methyl sites for hydroxylation is 1. The lowest BCUT2D eigenvalue weighted by molar-refractivity contribution is 0.0682. The molecule has 1 aromatic heterocycles. The Morgan fingerprint density at radius 3 is 2.67 bits per heavy atom. The highest BCUT2D eigenvalue weighted by atomic mass is 19.3. The fraction of sp³-hybridized carbons (Fsp3) is 0.222. The Morgan fingerprint density at radius 2 is 2.27 bits per heavy atom. The van der Waals surface area contributed by atoms with E-state index in [-0.39, 0.29) is 11.3 Å². The summed E-state index contributed by atoms with van der Waals surface area (Å²) in [7, 11) is 0. The van der Waals surface area contributed by atoms with E-state index in [2.05, 4.69) is 4.98 Å². The van der Waals surface area contributed by atoms with Gasteiger partial charge in [0, 0.05) is 0 Å². The highest BCUT2D eigenvalue weighted by Gasteiger charge is 2.21. The molecular weight excluding hydrogens is 206 g/mol. The average Bonchev–Trinajstić information content (AvgIpc) is 2.16. The number of alkyl halides is 2. The summed E-state index contributed by atoms with van der Waals surface area (Å²) in [5.41, 5.74) is -1.36. The number of carbonyl (C=O) groups is 1. The van der Waals surface area contributed by atoms with Crippen molar-refractivity contribution in [2.45, 2.75) is 13.3 Å². The van der Waals surface area contributed by atoms with Crippen molar-refractivity contribution >= 4 is 5.97 Å². The molecule has 0 saturated carbocycles. The molecule has 0 atom stereocenters. The van der Waals surface area contributed by atoms with Crippen LogP contribution in [-0.4, -0.2) is 16.1 Å². The Morgan fingerprint density at radius 1 is 1.67 bits per heavy atom. The van der Waals surface area contributed by atoms with Gasteiger partial charge in [0.1, 0.15) is 11.8 Å². The van der Waals surface area contributed by atoms with Gasteiger partial charge in [0.05, 0.1) is 16.8 Å². The maximum absolute atomic E-state index is 12.4. The first-order valence-electron chi connectivity index (χ1n) is 3.90. The summed E-state index contributed by atoms with van der Waals surface area (Å²) in [4.78, 5) is 14.0. The Bertz CT molecular complexity index is 452. The van der Waals surface area contributed by atoms with E-state index in [1.165, 1.54) is 6.92 Å². The summed E-state index contributed by atoms with van der Waals surface area (Å²) in [6.07, 6.45) is -2.97. The highest BCUT2D eigenvalue weighted by molar-refractivity contribution is 5.89. The minimum Gasteiger partial charge on any atom is -0.478 e. The molecule has 15 heavy (non-hydrogen) atoms. The smallest absolute Gasteiger partial charge is 0.337 e. The number of aromatic nitrogens is 1. The molecule has 0 fully saturated rings. The first-order valence-corrected chi connectivity index (χ1v) is 3.90. The monoisotopic (exact) mass is 212 g/mol. The number of hydrogen-bond donors (Lipinski definition) is 1. The Labute approximate surface area is 83.8 Å². The van der Waals surface area contributed by atoms with Crippen LogP contribution in [0, 0.1) is 18.3 Å². The number of rotatable bonds is 2. The number of hydrogen-bond acceptors (Lipinski definition) is 3. The molecule has 0 aliphatic rings. The molecule has 1 heterocycles. The van der Waals surface area contributed by atoms with Crippen molar-refractivity contribution in [1.29, 1.82) is 5.26 Å². The number of pyridine rings is 1. The van der Waals surface area contributed by atoms with E-state index in [4.69, 9.17) is 10.4 Å². The van der Waals surface area contributed by atoms with Crippen molar-refractivity contribution < 1.29 is 18.7 Å². The lowest BCUT2D eigenvalue weighted by Crippen LogP contribution is -2.08. The largest absolute Gasteiger partial charge is 0.478 e. The maximum atomic E-state index is 12.4. The van der Waals surface area contributed by atoms with E-state index < -0.39 is 23.7 Å². The molecule has 78 valence electrons. The fourth-order valence-corrected chi connectivity index (χ4v) is 1.07.